The molecule has 1 rings (SSSR count). The zero-order valence-corrected chi connectivity index (χ0v) is 13.8. The van der Waals surface area contributed by atoms with Crippen molar-refractivity contribution in [3.8, 4) is 0 Å². The van der Waals surface area contributed by atoms with Crippen LogP contribution in [-0.2, 0) is 17.5 Å². The van der Waals surface area contributed by atoms with E-state index >= 15 is 0 Å². The van der Waals surface area contributed by atoms with Crippen molar-refractivity contribution in [1.29, 1.82) is 0 Å². The fourth-order valence-electron chi connectivity index (χ4n) is 1.58. The minimum atomic E-state index is -4.43. The monoisotopic (exact) mass is 367 g/mol. The predicted octanol–water partition coefficient (Wildman–Crippen LogP) is 4.83. The number of amides is 1. The van der Waals surface area contributed by atoms with Crippen LogP contribution >= 0.6 is 15.9 Å². The molecular formula is C14H17BrF3NO2. The Morgan fingerprint density at radius 2 is 1.81 bits per heavy atom. The molecule has 0 aliphatic rings. The Kier molecular flexibility index (Phi) is 5.30. The molecule has 0 saturated heterocycles. The average molecular weight is 368 g/mol. The highest BCUT2D eigenvalue weighted by Crippen LogP contribution is 2.32. The number of carbonyl (C=O) groups excluding carboxylic acids is 1. The molecule has 118 valence electrons. The van der Waals surface area contributed by atoms with Gasteiger partial charge in [-0.05, 0) is 44.5 Å². The van der Waals surface area contributed by atoms with E-state index in [-0.39, 0.29) is 6.54 Å². The molecule has 0 fully saturated rings. The zero-order chi connectivity index (χ0) is 16.4. The molecule has 0 aliphatic carbocycles. The molecular weight excluding hydrogens is 351 g/mol. The molecule has 3 nitrogen and oxygen atoms in total. The van der Waals surface area contributed by atoms with Crippen molar-refractivity contribution in [2.24, 2.45) is 0 Å². The lowest BCUT2D eigenvalue weighted by Gasteiger charge is -2.25. The van der Waals surface area contributed by atoms with E-state index in [1.165, 1.54) is 18.0 Å². The molecule has 0 unspecified atom stereocenters. The third-order valence-corrected chi connectivity index (χ3v) is 2.87. The third-order valence-electron chi connectivity index (χ3n) is 2.41. The normalized spacial score (nSPS) is 12.2. The highest BCUT2D eigenvalue weighted by Gasteiger charge is 2.31. The van der Waals surface area contributed by atoms with Gasteiger partial charge in [-0.15, -0.1) is 0 Å². The van der Waals surface area contributed by atoms with Crippen LogP contribution in [0.5, 0.6) is 0 Å². The van der Waals surface area contributed by atoms with Gasteiger partial charge in [0.1, 0.15) is 5.60 Å². The Morgan fingerprint density at radius 3 is 2.29 bits per heavy atom. The summed E-state index contributed by atoms with van der Waals surface area (Å²) in [6, 6.07) is 3.55. The molecule has 0 heterocycles. The highest BCUT2D eigenvalue weighted by molar-refractivity contribution is 9.10. The minimum absolute atomic E-state index is 0.0252. The number of rotatable bonds is 2. The molecule has 0 aliphatic heterocycles. The smallest absolute Gasteiger partial charge is 0.416 e. The van der Waals surface area contributed by atoms with Gasteiger partial charge in [-0.3, -0.25) is 0 Å². The van der Waals surface area contributed by atoms with Crippen molar-refractivity contribution in [2.75, 3.05) is 7.05 Å². The molecule has 1 aromatic rings. The molecule has 0 radical (unpaired) electrons. The van der Waals surface area contributed by atoms with E-state index in [9.17, 15) is 18.0 Å². The van der Waals surface area contributed by atoms with Crippen LogP contribution < -0.4 is 0 Å². The van der Waals surface area contributed by atoms with Gasteiger partial charge in [-0.1, -0.05) is 15.9 Å². The highest BCUT2D eigenvalue weighted by atomic mass is 79.9. The Balaban J connectivity index is 2.88. The lowest BCUT2D eigenvalue weighted by molar-refractivity contribution is -0.137. The standard InChI is InChI=1S/C14H17BrF3NO2/c1-13(2,3)21-12(20)19(4)8-9-5-10(14(16,17)18)7-11(15)6-9/h5-7H,8H2,1-4H3. The molecule has 0 bridgehead atoms. The summed E-state index contributed by atoms with van der Waals surface area (Å²) in [6.07, 6.45) is -5.01. The summed E-state index contributed by atoms with van der Waals surface area (Å²) >= 11 is 3.05. The van der Waals surface area contributed by atoms with Gasteiger partial charge in [0.2, 0.25) is 0 Å². The van der Waals surface area contributed by atoms with E-state index in [1.807, 2.05) is 0 Å². The molecule has 0 N–H and O–H groups in total. The summed E-state index contributed by atoms with van der Waals surface area (Å²) in [5.41, 5.74) is -1.05. The number of alkyl halides is 3. The maximum absolute atomic E-state index is 12.7. The fourth-order valence-corrected chi connectivity index (χ4v) is 2.12. The lowest BCUT2D eigenvalue weighted by Crippen LogP contribution is -2.33. The van der Waals surface area contributed by atoms with Gasteiger partial charge >= 0.3 is 12.3 Å². The average Bonchev–Trinajstić information content (AvgIpc) is 2.24. The Bertz CT molecular complexity index is 524. The molecule has 1 amide bonds. The molecule has 0 saturated carbocycles. The van der Waals surface area contributed by atoms with Crippen molar-refractivity contribution in [3.63, 3.8) is 0 Å². The predicted molar refractivity (Wildman–Crippen MR) is 76.8 cm³/mol. The van der Waals surface area contributed by atoms with Crippen LogP contribution in [0.4, 0.5) is 18.0 Å². The molecule has 0 atom stereocenters. The van der Waals surface area contributed by atoms with E-state index in [1.54, 1.807) is 20.8 Å². The number of benzene rings is 1. The number of hydrogen-bond donors (Lipinski definition) is 0. The Labute approximate surface area is 130 Å². The molecule has 0 spiro atoms. The Hall–Kier alpha value is -1.24. The number of nitrogens with zero attached hydrogens (tertiary/aromatic N) is 1. The van der Waals surface area contributed by atoms with Crippen LogP contribution in [0.25, 0.3) is 0 Å². The topological polar surface area (TPSA) is 29.5 Å². The second-order valence-electron chi connectivity index (χ2n) is 5.68. The summed E-state index contributed by atoms with van der Waals surface area (Å²) in [4.78, 5) is 13.0. The molecule has 21 heavy (non-hydrogen) atoms. The first-order valence-corrected chi connectivity index (χ1v) is 6.98. The van der Waals surface area contributed by atoms with Crippen molar-refractivity contribution >= 4 is 22.0 Å². The van der Waals surface area contributed by atoms with Crippen molar-refractivity contribution in [3.05, 3.63) is 33.8 Å². The fraction of sp³-hybridized carbons (Fsp3) is 0.500. The van der Waals surface area contributed by atoms with Crippen LogP contribution in [0.15, 0.2) is 22.7 Å². The first-order chi connectivity index (χ1) is 9.38. The maximum Gasteiger partial charge on any atom is 0.416 e. The summed E-state index contributed by atoms with van der Waals surface area (Å²) in [7, 11) is 1.47. The van der Waals surface area contributed by atoms with Gasteiger partial charge in [0.25, 0.3) is 0 Å². The second kappa shape index (κ2) is 6.25. The van der Waals surface area contributed by atoms with E-state index < -0.39 is 23.4 Å². The molecule has 7 heteroatoms. The number of ether oxygens (including phenoxy) is 1. The largest absolute Gasteiger partial charge is 0.444 e. The van der Waals surface area contributed by atoms with Crippen LogP contribution in [0.3, 0.4) is 0 Å². The summed E-state index contributed by atoms with van der Waals surface area (Å²) < 4.78 is 43.7. The van der Waals surface area contributed by atoms with Gasteiger partial charge in [-0.25, -0.2) is 4.79 Å². The van der Waals surface area contributed by atoms with Crippen molar-refractivity contribution in [2.45, 2.75) is 39.1 Å². The summed E-state index contributed by atoms with van der Waals surface area (Å²) in [5, 5.41) is 0. The van der Waals surface area contributed by atoms with Gasteiger partial charge < -0.3 is 9.64 Å². The quantitative estimate of drug-likeness (QED) is 0.748. The summed E-state index contributed by atoms with van der Waals surface area (Å²) in [6.45, 7) is 5.19. The number of carbonyl (C=O) groups is 1. The van der Waals surface area contributed by atoms with Gasteiger partial charge in [0.05, 0.1) is 5.56 Å². The van der Waals surface area contributed by atoms with Gasteiger partial charge in [0.15, 0.2) is 0 Å². The van der Waals surface area contributed by atoms with Gasteiger partial charge in [-0.2, -0.15) is 13.2 Å². The van der Waals surface area contributed by atoms with Crippen molar-refractivity contribution in [1.82, 2.24) is 4.90 Å². The number of halogens is 4. The van der Waals surface area contributed by atoms with E-state index in [0.29, 0.717) is 10.0 Å². The van der Waals surface area contributed by atoms with Crippen LogP contribution in [-0.4, -0.2) is 23.6 Å². The minimum Gasteiger partial charge on any atom is -0.444 e. The zero-order valence-electron chi connectivity index (χ0n) is 12.2. The third kappa shape index (κ3) is 5.95. The number of hydrogen-bond acceptors (Lipinski definition) is 2. The molecule has 1 aromatic carbocycles. The summed E-state index contributed by atoms with van der Waals surface area (Å²) in [5.74, 6) is 0. The van der Waals surface area contributed by atoms with E-state index in [0.717, 1.165) is 12.1 Å². The first-order valence-electron chi connectivity index (χ1n) is 6.19. The maximum atomic E-state index is 12.7. The van der Waals surface area contributed by atoms with Crippen molar-refractivity contribution < 1.29 is 22.7 Å². The first kappa shape index (κ1) is 17.8. The van der Waals surface area contributed by atoms with E-state index in [2.05, 4.69) is 15.9 Å². The van der Waals surface area contributed by atoms with Crippen LogP contribution in [0.2, 0.25) is 0 Å². The Morgan fingerprint density at radius 1 is 1.24 bits per heavy atom. The van der Waals surface area contributed by atoms with Crippen LogP contribution in [0.1, 0.15) is 31.9 Å². The van der Waals surface area contributed by atoms with Gasteiger partial charge in [0, 0.05) is 18.1 Å². The molecule has 0 aromatic heterocycles. The van der Waals surface area contributed by atoms with Crippen LogP contribution in [0, 0.1) is 0 Å². The SMILES string of the molecule is CN(Cc1cc(Br)cc(C(F)(F)F)c1)C(=O)OC(C)(C)C. The second-order valence-corrected chi connectivity index (χ2v) is 6.60. The van der Waals surface area contributed by atoms with E-state index in [4.69, 9.17) is 4.74 Å². The lowest BCUT2D eigenvalue weighted by atomic mass is 10.1.